The maximum atomic E-state index is 11.0. The molecule has 1 rings (SSSR count). The molecule has 0 fully saturated rings. The number of halogens is 1. The summed E-state index contributed by atoms with van der Waals surface area (Å²) < 4.78 is 5.51. The molecule has 0 unspecified atom stereocenters. The molecule has 1 atom stereocenters. The summed E-state index contributed by atoms with van der Waals surface area (Å²) in [7, 11) is 0. The summed E-state index contributed by atoms with van der Waals surface area (Å²) in [5, 5.41) is -0.448. The molecular weight excluding hydrogens is 212 g/mol. The van der Waals surface area contributed by atoms with Crippen LogP contribution in [0.3, 0.4) is 0 Å². The fourth-order valence-electron chi connectivity index (χ4n) is 1.46. The number of aryl methyl sites for hydroxylation is 2. The molecule has 0 saturated carbocycles. The van der Waals surface area contributed by atoms with E-state index in [1.54, 1.807) is 0 Å². The van der Waals surface area contributed by atoms with Crippen LogP contribution in [-0.2, 0) is 4.79 Å². The van der Waals surface area contributed by atoms with Gasteiger partial charge in [0.05, 0.1) is 0 Å². The minimum Gasteiger partial charge on any atom is -0.481 e. The average Bonchev–Trinajstić information content (AvgIpc) is 2.12. The molecule has 0 aliphatic carbocycles. The Labute approximate surface area is 95.2 Å². The third kappa shape index (κ3) is 3.56. The summed E-state index contributed by atoms with van der Waals surface area (Å²) in [6.45, 7) is 5.85. The molecule has 0 aliphatic rings. The number of hydrogen-bond acceptors (Lipinski definition) is 2. The fraction of sp³-hybridized carbons (Fsp3) is 0.417. The van der Waals surface area contributed by atoms with Crippen molar-refractivity contribution in [2.75, 3.05) is 0 Å². The van der Waals surface area contributed by atoms with Crippen molar-refractivity contribution in [1.82, 2.24) is 0 Å². The molecule has 0 aliphatic heterocycles. The van der Waals surface area contributed by atoms with Gasteiger partial charge < -0.3 is 4.74 Å². The van der Waals surface area contributed by atoms with Gasteiger partial charge in [-0.3, -0.25) is 4.79 Å². The standard InChI is InChI=1S/C12H15ClO2/c1-4-11(12(13)14)15-10-6-8(2)5-9(3)7-10/h5-7,11H,4H2,1-3H3/t11-/m1/s1. The third-order valence-corrected chi connectivity index (χ3v) is 2.34. The van der Waals surface area contributed by atoms with Crippen molar-refractivity contribution in [2.45, 2.75) is 33.3 Å². The van der Waals surface area contributed by atoms with Crippen LogP contribution in [0.1, 0.15) is 24.5 Å². The van der Waals surface area contributed by atoms with Gasteiger partial charge in [-0.1, -0.05) is 13.0 Å². The summed E-state index contributed by atoms with van der Waals surface area (Å²) in [4.78, 5) is 11.0. The zero-order valence-corrected chi connectivity index (χ0v) is 9.97. The summed E-state index contributed by atoms with van der Waals surface area (Å²) in [6.07, 6.45) is 0.0304. The summed E-state index contributed by atoms with van der Waals surface area (Å²) >= 11 is 5.41. The van der Waals surface area contributed by atoms with E-state index in [1.165, 1.54) is 0 Å². The van der Waals surface area contributed by atoms with E-state index in [0.717, 1.165) is 11.1 Å². The molecule has 3 heteroatoms. The van der Waals surface area contributed by atoms with Gasteiger partial charge in [-0.05, 0) is 55.1 Å². The molecule has 0 heterocycles. The summed E-state index contributed by atoms with van der Waals surface area (Å²) in [5.41, 5.74) is 2.23. The minimum atomic E-state index is -0.548. The largest absolute Gasteiger partial charge is 0.481 e. The minimum absolute atomic E-state index is 0.448. The van der Waals surface area contributed by atoms with Crippen molar-refractivity contribution >= 4 is 16.8 Å². The van der Waals surface area contributed by atoms with Crippen molar-refractivity contribution in [3.8, 4) is 5.75 Å². The molecule has 0 N–H and O–H groups in total. The molecule has 15 heavy (non-hydrogen) atoms. The highest BCUT2D eigenvalue weighted by molar-refractivity contribution is 6.64. The van der Waals surface area contributed by atoms with E-state index in [4.69, 9.17) is 16.3 Å². The predicted molar refractivity (Wildman–Crippen MR) is 61.5 cm³/mol. The Hall–Kier alpha value is -1.02. The second-order valence-corrected chi connectivity index (χ2v) is 4.01. The first-order valence-electron chi connectivity index (χ1n) is 4.97. The van der Waals surface area contributed by atoms with Crippen molar-refractivity contribution in [3.05, 3.63) is 29.3 Å². The fourth-order valence-corrected chi connectivity index (χ4v) is 1.65. The van der Waals surface area contributed by atoms with Crippen LogP contribution in [0.25, 0.3) is 0 Å². The first-order chi connectivity index (χ1) is 7.02. The van der Waals surface area contributed by atoms with E-state index in [9.17, 15) is 4.79 Å². The van der Waals surface area contributed by atoms with Crippen molar-refractivity contribution < 1.29 is 9.53 Å². The van der Waals surface area contributed by atoms with Gasteiger partial charge in [-0.15, -0.1) is 0 Å². The number of benzene rings is 1. The van der Waals surface area contributed by atoms with Crippen molar-refractivity contribution in [1.29, 1.82) is 0 Å². The number of carbonyl (C=O) groups is 1. The van der Waals surface area contributed by atoms with Gasteiger partial charge in [0.15, 0.2) is 6.10 Å². The van der Waals surface area contributed by atoms with E-state index in [2.05, 4.69) is 6.07 Å². The average molecular weight is 227 g/mol. The number of rotatable bonds is 4. The van der Waals surface area contributed by atoms with E-state index >= 15 is 0 Å². The maximum absolute atomic E-state index is 11.0. The molecular formula is C12H15ClO2. The van der Waals surface area contributed by atoms with Crippen LogP contribution in [0.4, 0.5) is 0 Å². The zero-order valence-electron chi connectivity index (χ0n) is 9.21. The first-order valence-corrected chi connectivity index (χ1v) is 5.35. The number of ether oxygens (including phenoxy) is 1. The van der Waals surface area contributed by atoms with Gasteiger partial charge in [0.1, 0.15) is 5.75 Å². The van der Waals surface area contributed by atoms with Crippen LogP contribution in [0.15, 0.2) is 18.2 Å². The smallest absolute Gasteiger partial charge is 0.262 e. The molecule has 1 aromatic carbocycles. The Balaban J connectivity index is 2.83. The molecule has 0 amide bonds. The molecule has 0 aromatic heterocycles. The molecule has 0 saturated heterocycles. The molecule has 82 valence electrons. The molecule has 1 aromatic rings. The van der Waals surface area contributed by atoms with E-state index in [0.29, 0.717) is 12.2 Å². The maximum Gasteiger partial charge on any atom is 0.262 e. The van der Waals surface area contributed by atoms with E-state index < -0.39 is 11.3 Å². The third-order valence-electron chi connectivity index (χ3n) is 2.10. The normalized spacial score (nSPS) is 12.3. The van der Waals surface area contributed by atoms with Gasteiger partial charge in [0, 0.05) is 0 Å². The molecule has 0 bridgehead atoms. The van der Waals surface area contributed by atoms with Gasteiger partial charge in [0.2, 0.25) is 0 Å². The monoisotopic (exact) mass is 226 g/mol. The lowest BCUT2D eigenvalue weighted by Gasteiger charge is -2.14. The Morgan fingerprint density at radius 1 is 1.33 bits per heavy atom. The second-order valence-electron chi connectivity index (χ2n) is 3.64. The zero-order chi connectivity index (χ0) is 11.4. The summed E-state index contributed by atoms with van der Waals surface area (Å²) in [6, 6.07) is 5.85. The number of hydrogen-bond donors (Lipinski definition) is 0. The lowest BCUT2D eigenvalue weighted by atomic mass is 10.1. The van der Waals surface area contributed by atoms with Gasteiger partial charge >= 0.3 is 0 Å². The van der Waals surface area contributed by atoms with Crippen LogP contribution in [-0.4, -0.2) is 11.3 Å². The summed E-state index contributed by atoms with van der Waals surface area (Å²) in [5.74, 6) is 0.702. The lowest BCUT2D eigenvalue weighted by Crippen LogP contribution is -2.22. The predicted octanol–water partition coefficient (Wildman–Crippen LogP) is 3.23. The van der Waals surface area contributed by atoms with E-state index in [-0.39, 0.29) is 0 Å². The highest BCUT2D eigenvalue weighted by Gasteiger charge is 2.15. The van der Waals surface area contributed by atoms with Gasteiger partial charge in [0.25, 0.3) is 5.24 Å². The second kappa shape index (κ2) is 5.17. The quantitative estimate of drug-likeness (QED) is 0.737. The lowest BCUT2D eigenvalue weighted by molar-refractivity contribution is -0.117. The number of carbonyl (C=O) groups excluding carboxylic acids is 1. The van der Waals surface area contributed by atoms with Crippen LogP contribution >= 0.6 is 11.6 Å². The van der Waals surface area contributed by atoms with Crippen molar-refractivity contribution in [2.24, 2.45) is 0 Å². The van der Waals surface area contributed by atoms with Gasteiger partial charge in [-0.25, -0.2) is 0 Å². The molecule has 0 spiro atoms. The topological polar surface area (TPSA) is 26.3 Å². The first kappa shape index (κ1) is 12.1. The Morgan fingerprint density at radius 2 is 1.87 bits per heavy atom. The van der Waals surface area contributed by atoms with Crippen LogP contribution < -0.4 is 4.74 Å². The highest BCUT2D eigenvalue weighted by atomic mass is 35.5. The highest BCUT2D eigenvalue weighted by Crippen LogP contribution is 2.19. The Morgan fingerprint density at radius 3 is 2.27 bits per heavy atom. The van der Waals surface area contributed by atoms with E-state index in [1.807, 2.05) is 32.9 Å². The Bertz CT molecular complexity index is 340. The SMILES string of the molecule is CC[C@@H](Oc1cc(C)cc(C)c1)C(=O)Cl. The molecule has 0 radical (unpaired) electrons. The van der Waals surface area contributed by atoms with Crippen LogP contribution in [0, 0.1) is 13.8 Å². The molecule has 2 nitrogen and oxygen atoms in total. The van der Waals surface area contributed by atoms with Crippen LogP contribution in [0.2, 0.25) is 0 Å². The Kier molecular flexibility index (Phi) is 4.15. The van der Waals surface area contributed by atoms with Crippen molar-refractivity contribution in [3.63, 3.8) is 0 Å². The van der Waals surface area contributed by atoms with Gasteiger partial charge in [-0.2, -0.15) is 0 Å². The van der Waals surface area contributed by atoms with Crippen LogP contribution in [0.5, 0.6) is 5.75 Å².